The molecule has 0 aromatic carbocycles. The topological polar surface area (TPSA) is 80.1 Å². The van der Waals surface area contributed by atoms with E-state index >= 15 is 0 Å². The van der Waals surface area contributed by atoms with Crippen LogP contribution in [0.2, 0.25) is 0 Å². The Morgan fingerprint density at radius 2 is 1.79 bits per heavy atom. The van der Waals surface area contributed by atoms with Crippen molar-refractivity contribution >= 4 is 17.4 Å². The Balaban J connectivity index is 1.51. The summed E-state index contributed by atoms with van der Waals surface area (Å²) in [6.45, 7) is 7.42. The molecule has 1 saturated carbocycles. The summed E-state index contributed by atoms with van der Waals surface area (Å²) in [4.78, 5) is 31.7. The summed E-state index contributed by atoms with van der Waals surface area (Å²) < 4.78 is 1.29. The van der Waals surface area contributed by atoms with Gasteiger partial charge in [0.25, 0.3) is 5.56 Å². The predicted molar refractivity (Wildman–Crippen MR) is 113 cm³/mol. The van der Waals surface area contributed by atoms with Crippen LogP contribution in [0.5, 0.6) is 0 Å². The van der Waals surface area contributed by atoms with Gasteiger partial charge in [0, 0.05) is 35.7 Å². The van der Waals surface area contributed by atoms with E-state index in [4.69, 9.17) is 0 Å². The molecular weight excluding hydrogens is 366 g/mol. The Morgan fingerprint density at radius 1 is 1.10 bits per heavy atom. The number of aromatic nitrogens is 3. The van der Waals surface area contributed by atoms with Crippen LogP contribution < -0.4 is 15.8 Å². The number of anilines is 2. The zero-order valence-electron chi connectivity index (χ0n) is 17.5. The number of hydrogen-bond donors (Lipinski definition) is 1. The fourth-order valence-corrected chi connectivity index (χ4v) is 4.83. The number of rotatable bonds is 4. The molecule has 1 amide bonds. The summed E-state index contributed by atoms with van der Waals surface area (Å²) in [5.74, 6) is 0.532. The summed E-state index contributed by atoms with van der Waals surface area (Å²) in [6.07, 6.45) is 6.39. The highest BCUT2D eigenvalue weighted by Crippen LogP contribution is 2.45. The molecule has 154 valence electrons. The van der Waals surface area contributed by atoms with E-state index in [2.05, 4.69) is 20.3 Å². The van der Waals surface area contributed by atoms with Crippen LogP contribution in [0.15, 0.2) is 23.0 Å². The minimum absolute atomic E-state index is 0.104. The molecule has 3 heterocycles. The van der Waals surface area contributed by atoms with E-state index in [1.165, 1.54) is 36.8 Å². The van der Waals surface area contributed by atoms with Gasteiger partial charge in [-0.1, -0.05) is 12.8 Å². The second-order valence-electron chi connectivity index (χ2n) is 8.71. The molecule has 4 rings (SSSR count). The van der Waals surface area contributed by atoms with E-state index in [-0.39, 0.29) is 18.0 Å². The van der Waals surface area contributed by atoms with Crippen LogP contribution in [0.4, 0.5) is 11.5 Å². The lowest BCUT2D eigenvalue weighted by Gasteiger charge is -2.24. The Bertz CT molecular complexity index is 971. The highest BCUT2D eigenvalue weighted by Gasteiger charge is 2.40. The molecule has 7 nitrogen and oxygen atoms in total. The zero-order valence-corrected chi connectivity index (χ0v) is 17.5. The van der Waals surface area contributed by atoms with Crippen LogP contribution in [-0.2, 0) is 11.3 Å². The van der Waals surface area contributed by atoms with Crippen molar-refractivity contribution in [1.82, 2.24) is 14.8 Å². The van der Waals surface area contributed by atoms with E-state index < -0.39 is 0 Å². The first kappa shape index (κ1) is 19.6. The van der Waals surface area contributed by atoms with Crippen molar-refractivity contribution in [3.63, 3.8) is 0 Å². The normalized spacial score (nSPS) is 17.8. The van der Waals surface area contributed by atoms with Crippen molar-refractivity contribution in [1.29, 1.82) is 0 Å². The second-order valence-corrected chi connectivity index (χ2v) is 8.71. The number of pyridine rings is 1. The Labute approximate surface area is 171 Å². The molecule has 1 spiro atoms. The quantitative estimate of drug-likeness (QED) is 0.861. The first-order valence-electron chi connectivity index (χ1n) is 10.4. The minimum Gasteiger partial charge on any atom is -0.355 e. The van der Waals surface area contributed by atoms with E-state index in [0.29, 0.717) is 16.7 Å². The van der Waals surface area contributed by atoms with Crippen molar-refractivity contribution < 1.29 is 4.79 Å². The number of nitrogens with zero attached hydrogens (tertiary/aromatic N) is 4. The Hall–Kier alpha value is -2.70. The molecule has 0 bridgehead atoms. The second kappa shape index (κ2) is 7.61. The molecule has 2 aromatic heterocycles. The maximum atomic E-state index is 12.6. The molecule has 7 heteroatoms. The molecule has 29 heavy (non-hydrogen) atoms. The monoisotopic (exact) mass is 395 g/mol. The third kappa shape index (κ3) is 4.18. The summed E-state index contributed by atoms with van der Waals surface area (Å²) in [5, 5.41) is 7.40. The third-order valence-corrected chi connectivity index (χ3v) is 6.23. The fourth-order valence-electron chi connectivity index (χ4n) is 4.83. The molecule has 0 atom stereocenters. The largest absolute Gasteiger partial charge is 0.355 e. The smallest absolute Gasteiger partial charge is 0.270 e. The van der Waals surface area contributed by atoms with Crippen molar-refractivity contribution in [3.05, 3.63) is 45.5 Å². The van der Waals surface area contributed by atoms with Gasteiger partial charge in [-0.05, 0) is 63.6 Å². The summed E-state index contributed by atoms with van der Waals surface area (Å²) in [6, 6.07) is 5.49. The molecule has 2 aromatic rings. The molecule has 2 fully saturated rings. The third-order valence-electron chi connectivity index (χ3n) is 6.23. The van der Waals surface area contributed by atoms with Crippen molar-refractivity contribution in [2.75, 3.05) is 23.3 Å². The number of aryl methyl sites for hydroxylation is 3. The highest BCUT2D eigenvalue weighted by atomic mass is 16.2. The highest BCUT2D eigenvalue weighted by molar-refractivity contribution is 5.90. The van der Waals surface area contributed by atoms with Crippen LogP contribution in [0.3, 0.4) is 0 Å². The van der Waals surface area contributed by atoms with Crippen LogP contribution in [0.1, 0.15) is 49.1 Å². The summed E-state index contributed by atoms with van der Waals surface area (Å²) in [7, 11) is 0. The lowest BCUT2D eigenvalue weighted by atomic mass is 9.86. The summed E-state index contributed by atoms with van der Waals surface area (Å²) >= 11 is 0. The van der Waals surface area contributed by atoms with Crippen LogP contribution in [0.25, 0.3) is 0 Å². The van der Waals surface area contributed by atoms with Crippen LogP contribution >= 0.6 is 0 Å². The molecule has 0 radical (unpaired) electrons. The van der Waals surface area contributed by atoms with Crippen LogP contribution in [-0.4, -0.2) is 33.8 Å². The maximum Gasteiger partial charge on any atom is 0.270 e. The average Bonchev–Trinajstić information content (AvgIpc) is 3.28. The van der Waals surface area contributed by atoms with Gasteiger partial charge in [0.1, 0.15) is 12.4 Å². The van der Waals surface area contributed by atoms with Crippen molar-refractivity contribution in [2.24, 2.45) is 5.41 Å². The van der Waals surface area contributed by atoms with E-state index in [9.17, 15) is 9.59 Å². The number of amides is 1. The SMILES string of the molecule is Cc1cc(NC(=O)Cn2nc(N3CCC4(CCCC4)C3)cc(C)c2=O)cc(C)n1. The van der Waals surface area contributed by atoms with Gasteiger partial charge >= 0.3 is 0 Å². The predicted octanol–water partition coefficient (Wildman–Crippen LogP) is 2.97. The fraction of sp³-hybridized carbons (Fsp3) is 0.545. The lowest BCUT2D eigenvalue weighted by molar-refractivity contribution is -0.117. The zero-order chi connectivity index (χ0) is 20.6. The maximum absolute atomic E-state index is 12.6. The molecule has 1 aliphatic carbocycles. The molecule has 2 aliphatic rings. The van der Waals surface area contributed by atoms with Crippen LogP contribution in [0, 0.1) is 26.2 Å². The lowest BCUT2D eigenvalue weighted by Crippen LogP contribution is -2.34. The molecule has 1 aliphatic heterocycles. The Kier molecular flexibility index (Phi) is 5.15. The van der Waals surface area contributed by atoms with Gasteiger partial charge in [-0.2, -0.15) is 5.10 Å². The number of carbonyl (C=O) groups is 1. The molecule has 1 N–H and O–H groups in total. The summed E-state index contributed by atoms with van der Waals surface area (Å²) in [5.41, 5.74) is 3.17. The van der Waals surface area contributed by atoms with Gasteiger partial charge in [0.2, 0.25) is 5.91 Å². The van der Waals surface area contributed by atoms with E-state index in [1.54, 1.807) is 6.92 Å². The van der Waals surface area contributed by atoms with Crippen molar-refractivity contribution in [2.45, 2.75) is 59.4 Å². The standard InChI is InChI=1S/C22H29N5O2/c1-15-10-19(26-9-8-22(14-26)6-4-5-7-22)25-27(21(15)29)13-20(28)24-18-11-16(2)23-17(3)12-18/h10-12H,4-9,13-14H2,1-3H3,(H,23,24,28). The number of carbonyl (C=O) groups excluding carboxylic acids is 1. The Morgan fingerprint density at radius 3 is 2.48 bits per heavy atom. The van der Waals surface area contributed by atoms with Gasteiger partial charge in [-0.15, -0.1) is 0 Å². The average molecular weight is 396 g/mol. The number of hydrogen-bond acceptors (Lipinski definition) is 5. The van der Waals surface area contributed by atoms with Gasteiger partial charge in [-0.3, -0.25) is 14.6 Å². The molecular formula is C22H29N5O2. The van der Waals surface area contributed by atoms with Gasteiger partial charge in [0.05, 0.1) is 0 Å². The minimum atomic E-state index is -0.269. The van der Waals surface area contributed by atoms with E-state index in [0.717, 1.165) is 30.3 Å². The van der Waals surface area contributed by atoms with Gasteiger partial charge in [-0.25, -0.2) is 4.68 Å². The molecule has 1 saturated heterocycles. The van der Waals surface area contributed by atoms with Gasteiger partial charge < -0.3 is 10.2 Å². The first-order chi connectivity index (χ1) is 13.8. The first-order valence-corrected chi connectivity index (χ1v) is 10.4. The van der Waals surface area contributed by atoms with E-state index in [1.807, 2.05) is 32.0 Å². The van der Waals surface area contributed by atoms with Crippen molar-refractivity contribution in [3.8, 4) is 0 Å². The number of nitrogens with one attached hydrogen (secondary N) is 1. The van der Waals surface area contributed by atoms with Gasteiger partial charge in [0.15, 0.2) is 0 Å². The molecule has 0 unspecified atom stereocenters.